The van der Waals surface area contributed by atoms with Crippen molar-refractivity contribution < 1.29 is 0 Å². The third kappa shape index (κ3) is 3.46. The van der Waals surface area contributed by atoms with Gasteiger partial charge in [0, 0.05) is 19.3 Å². The molecule has 0 amide bonds. The second kappa shape index (κ2) is 5.50. The molecule has 1 aliphatic carbocycles. The Labute approximate surface area is 120 Å². The third-order valence-corrected chi connectivity index (χ3v) is 8.98. The molecule has 1 fully saturated rings. The SMILES string of the molecule is CC(Br)(CBr)C1CCC(Br)(CBr)CC1. The van der Waals surface area contributed by atoms with E-state index in [4.69, 9.17) is 0 Å². The summed E-state index contributed by atoms with van der Waals surface area (Å²) in [6.07, 6.45) is 5.17. The molecule has 0 aliphatic heterocycles. The van der Waals surface area contributed by atoms with Gasteiger partial charge < -0.3 is 0 Å². The zero-order chi connectivity index (χ0) is 10.8. The van der Waals surface area contributed by atoms with Gasteiger partial charge in [0.05, 0.1) is 0 Å². The Hall–Kier alpha value is 1.92. The molecule has 0 aromatic heterocycles. The molecule has 1 saturated carbocycles. The van der Waals surface area contributed by atoms with Crippen LogP contribution < -0.4 is 0 Å². The van der Waals surface area contributed by atoms with Crippen LogP contribution in [0.25, 0.3) is 0 Å². The standard InChI is InChI=1S/C10H16Br4/c1-9(13,6-11)8-2-4-10(14,7-12)5-3-8/h8H,2-7H2,1H3. The van der Waals surface area contributed by atoms with Gasteiger partial charge in [0.25, 0.3) is 0 Å². The molecule has 0 spiro atoms. The van der Waals surface area contributed by atoms with Crippen molar-refractivity contribution in [2.24, 2.45) is 5.92 Å². The van der Waals surface area contributed by atoms with Crippen LogP contribution in [-0.2, 0) is 0 Å². The zero-order valence-electron chi connectivity index (χ0n) is 8.33. The van der Waals surface area contributed by atoms with E-state index in [1.54, 1.807) is 0 Å². The van der Waals surface area contributed by atoms with Crippen LogP contribution in [-0.4, -0.2) is 19.3 Å². The van der Waals surface area contributed by atoms with Gasteiger partial charge in [-0.1, -0.05) is 63.7 Å². The average Bonchev–Trinajstić information content (AvgIpc) is 2.19. The minimum Gasteiger partial charge on any atom is -0.0913 e. The van der Waals surface area contributed by atoms with Crippen molar-refractivity contribution in [3.63, 3.8) is 0 Å². The van der Waals surface area contributed by atoms with E-state index in [2.05, 4.69) is 70.6 Å². The molecule has 84 valence electrons. The summed E-state index contributed by atoms with van der Waals surface area (Å²) in [7, 11) is 0. The highest BCUT2D eigenvalue weighted by molar-refractivity contribution is 9.12. The molecule has 4 heteroatoms. The van der Waals surface area contributed by atoms with Gasteiger partial charge in [-0.2, -0.15) is 0 Å². The first-order valence-corrected chi connectivity index (χ1v) is 8.76. The molecule has 0 heterocycles. The van der Waals surface area contributed by atoms with Crippen LogP contribution in [0, 0.1) is 5.92 Å². The van der Waals surface area contributed by atoms with E-state index in [0.717, 1.165) is 16.6 Å². The normalized spacial score (nSPS) is 37.9. The summed E-state index contributed by atoms with van der Waals surface area (Å²) in [6, 6.07) is 0. The predicted molar refractivity (Wildman–Crippen MR) is 78.5 cm³/mol. The van der Waals surface area contributed by atoms with E-state index in [1.165, 1.54) is 25.7 Å². The van der Waals surface area contributed by atoms with Crippen molar-refractivity contribution in [3.05, 3.63) is 0 Å². The highest BCUT2D eigenvalue weighted by Gasteiger charge is 2.38. The highest BCUT2D eigenvalue weighted by atomic mass is 79.9. The Morgan fingerprint density at radius 3 is 2.14 bits per heavy atom. The van der Waals surface area contributed by atoms with Gasteiger partial charge in [0.15, 0.2) is 0 Å². The van der Waals surface area contributed by atoms with Crippen LogP contribution in [0.2, 0.25) is 0 Å². The molecule has 14 heavy (non-hydrogen) atoms. The monoisotopic (exact) mass is 452 g/mol. The summed E-state index contributed by atoms with van der Waals surface area (Å²) in [5.74, 6) is 0.798. The van der Waals surface area contributed by atoms with Crippen LogP contribution >= 0.6 is 63.7 Å². The molecule has 0 bridgehead atoms. The lowest BCUT2D eigenvalue weighted by Crippen LogP contribution is -2.38. The summed E-state index contributed by atoms with van der Waals surface area (Å²) in [5.41, 5.74) is 0. The summed E-state index contributed by atoms with van der Waals surface area (Å²) >= 11 is 14.8. The minimum atomic E-state index is 0.271. The molecule has 1 atom stereocenters. The molecule has 0 aromatic carbocycles. The van der Waals surface area contributed by atoms with E-state index in [9.17, 15) is 0 Å². The molecule has 0 radical (unpaired) electrons. The Balaban J connectivity index is 2.51. The average molecular weight is 456 g/mol. The van der Waals surface area contributed by atoms with Gasteiger partial charge >= 0.3 is 0 Å². The first kappa shape index (κ1) is 14.0. The predicted octanol–water partition coefficient (Wildman–Crippen LogP) is 5.25. The smallest absolute Gasteiger partial charge is 0.0354 e. The zero-order valence-corrected chi connectivity index (χ0v) is 14.7. The second-order valence-corrected chi connectivity index (χ2v) is 9.09. The topological polar surface area (TPSA) is 0 Å². The lowest BCUT2D eigenvalue weighted by molar-refractivity contribution is 0.284. The van der Waals surface area contributed by atoms with Crippen LogP contribution in [0.1, 0.15) is 32.6 Å². The highest BCUT2D eigenvalue weighted by Crippen LogP contribution is 2.46. The largest absolute Gasteiger partial charge is 0.0913 e. The van der Waals surface area contributed by atoms with E-state index in [-0.39, 0.29) is 4.32 Å². The molecule has 1 rings (SSSR count). The molecule has 1 aliphatic rings. The number of hydrogen-bond donors (Lipinski definition) is 0. The minimum absolute atomic E-state index is 0.271. The number of alkyl halides is 4. The van der Waals surface area contributed by atoms with Crippen molar-refractivity contribution in [1.82, 2.24) is 0 Å². The molecular weight excluding hydrogens is 440 g/mol. The molecular formula is C10H16Br4. The van der Waals surface area contributed by atoms with Gasteiger partial charge in [-0.15, -0.1) is 0 Å². The van der Waals surface area contributed by atoms with Crippen molar-refractivity contribution in [3.8, 4) is 0 Å². The second-order valence-electron chi connectivity index (χ2n) is 4.47. The third-order valence-electron chi connectivity index (χ3n) is 3.23. The Morgan fingerprint density at radius 2 is 1.79 bits per heavy atom. The van der Waals surface area contributed by atoms with Gasteiger partial charge in [0.2, 0.25) is 0 Å². The maximum absolute atomic E-state index is 3.84. The van der Waals surface area contributed by atoms with Gasteiger partial charge in [-0.3, -0.25) is 0 Å². The quantitative estimate of drug-likeness (QED) is 0.510. The fourth-order valence-corrected chi connectivity index (χ4v) is 3.91. The fourth-order valence-electron chi connectivity index (χ4n) is 1.98. The van der Waals surface area contributed by atoms with E-state index in [0.29, 0.717) is 4.32 Å². The summed E-state index contributed by atoms with van der Waals surface area (Å²) in [5, 5.41) is 2.11. The fraction of sp³-hybridized carbons (Fsp3) is 1.00. The summed E-state index contributed by atoms with van der Waals surface area (Å²) in [6.45, 7) is 2.29. The first-order valence-electron chi connectivity index (χ1n) is 4.93. The Bertz CT molecular complexity index is 183. The number of rotatable bonds is 3. The van der Waals surface area contributed by atoms with Crippen LogP contribution in [0.3, 0.4) is 0 Å². The van der Waals surface area contributed by atoms with E-state index in [1.807, 2.05) is 0 Å². The molecule has 0 aromatic rings. The maximum Gasteiger partial charge on any atom is 0.0354 e. The molecule has 0 N–H and O–H groups in total. The van der Waals surface area contributed by atoms with Crippen LogP contribution in [0.4, 0.5) is 0 Å². The Morgan fingerprint density at radius 1 is 1.29 bits per heavy atom. The summed E-state index contributed by atoms with van der Waals surface area (Å²) < 4.78 is 0.631. The van der Waals surface area contributed by atoms with Gasteiger partial charge in [0.1, 0.15) is 0 Å². The number of hydrogen-bond acceptors (Lipinski definition) is 0. The summed E-state index contributed by atoms with van der Waals surface area (Å²) in [4.78, 5) is 0. The Kier molecular flexibility index (Phi) is 5.50. The van der Waals surface area contributed by atoms with Crippen molar-refractivity contribution in [1.29, 1.82) is 0 Å². The maximum atomic E-state index is 3.84. The van der Waals surface area contributed by atoms with E-state index >= 15 is 0 Å². The van der Waals surface area contributed by atoms with Crippen molar-refractivity contribution in [2.45, 2.75) is 41.3 Å². The molecule has 0 saturated heterocycles. The van der Waals surface area contributed by atoms with Gasteiger partial charge in [-0.05, 0) is 38.5 Å². The molecule has 1 unspecified atom stereocenters. The van der Waals surface area contributed by atoms with Crippen molar-refractivity contribution >= 4 is 63.7 Å². The lowest BCUT2D eigenvalue weighted by atomic mass is 9.77. The van der Waals surface area contributed by atoms with Crippen LogP contribution in [0.5, 0.6) is 0 Å². The molecule has 0 nitrogen and oxygen atoms in total. The van der Waals surface area contributed by atoms with E-state index < -0.39 is 0 Å². The van der Waals surface area contributed by atoms with Crippen LogP contribution in [0.15, 0.2) is 0 Å². The van der Waals surface area contributed by atoms with Gasteiger partial charge in [-0.25, -0.2) is 0 Å². The number of halogens is 4. The first-order chi connectivity index (χ1) is 6.43. The lowest BCUT2D eigenvalue weighted by Gasteiger charge is -2.40. The van der Waals surface area contributed by atoms with Crippen molar-refractivity contribution in [2.75, 3.05) is 10.7 Å².